The molecule has 19 heavy (non-hydrogen) atoms. The van der Waals surface area contributed by atoms with Gasteiger partial charge in [0.05, 0.1) is 5.39 Å². The van der Waals surface area contributed by atoms with Gasteiger partial charge >= 0.3 is 6.18 Å². The van der Waals surface area contributed by atoms with Crippen LogP contribution in [0, 0.1) is 0 Å². The SMILES string of the molecule is Nc1[nH]nc2c1c(C(F)(F)F)nn2-c1ccccn1. The Labute approximate surface area is 104 Å². The highest BCUT2D eigenvalue weighted by atomic mass is 19.4. The minimum Gasteiger partial charge on any atom is -0.383 e. The van der Waals surface area contributed by atoms with E-state index in [-0.39, 0.29) is 22.7 Å². The van der Waals surface area contributed by atoms with Crippen molar-refractivity contribution in [3.63, 3.8) is 0 Å². The number of nitrogen functional groups attached to an aromatic ring is 1. The van der Waals surface area contributed by atoms with Gasteiger partial charge in [-0.1, -0.05) is 6.07 Å². The molecule has 3 aromatic rings. The van der Waals surface area contributed by atoms with Crippen molar-refractivity contribution in [3.05, 3.63) is 30.1 Å². The van der Waals surface area contributed by atoms with Crippen molar-refractivity contribution in [2.75, 3.05) is 5.73 Å². The summed E-state index contributed by atoms with van der Waals surface area (Å²) in [7, 11) is 0. The number of fused-ring (bicyclic) bond motifs is 1. The molecular weight excluding hydrogens is 261 g/mol. The molecule has 0 radical (unpaired) electrons. The van der Waals surface area contributed by atoms with E-state index in [4.69, 9.17) is 5.73 Å². The van der Waals surface area contributed by atoms with E-state index in [0.717, 1.165) is 4.68 Å². The van der Waals surface area contributed by atoms with Crippen LogP contribution in [-0.4, -0.2) is 25.0 Å². The summed E-state index contributed by atoms with van der Waals surface area (Å²) in [4.78, 5) is 3.94. The van der Waals surface area contributed by atoms with Crippen LogP contribution in [0.3, 0.4) is 0 Å². The first-order chi connectivity index (χ1) is 8.98. The topological polar surface area (TPSA) is 85.4 Å². The average molecular weight is 268 g/mol. The van der Waals surface area contributed by atoms with Gasteiger partial charge in [-0.15, -0.1) is 0 Å². The van der Waals surface area contributed by atoms with Gasteiger partial charge in [-0.25, -0.2) is 4.98 Å². The second kappa shape index (κ2) is 3.70. The van der Waals surface area contributed by atoms with Crippen LogP contribution in [0.4, 0.5) is 19.0 Å². The molecule has 0 aliphatic rings. The number of nitrogens with one attached hydrogen (secondary N) is 1. The van der Waals surface area contributed by atoms with E-state index in [2.05, 4.69) is 20.3 Å². The van der Waals surface area contributed by atoms with E-state index in [1.165, 1.54) is 12.3 Å². The summed E-state index contributed by atoms with van der Waals surface area (Å²) in [6.07, 6.45) is -3.16. The lowest BCUT2D eigenvalue weighted by Crippen LogP contribution is -2.09. The summed E-state index contributed by atoms with van der Waals surface area (Å²) >= 11 is 0. The van der Waals surface area contributed by atoms with Gasteiger partial charge in [0.2, 0.25) is 0 Å². The smallest absolute Gasteiger partial charge is 0.383 e. The van der Waals surface area contributed by atoms with E-state index in [1.807, 2.05) is 0 Å². The Hall–Kier alpha value is -2.58. The van der Waals surface area contributed by atoms with Gasteiger partial charge in [-0.3, -0.25) is 5.10 Å². The molecule has 9 heteroatoms. The van der Waals surface area contributed by atoms with Gasteiger partial charge in [0.15, 0.2) is 17.2 Å². The molecular formula is C10H7F3N6. The Morgan fingerprint density at radius 1 is 1.26 bits per heavy atom. The normalized spacial score (nSPS) is 12.2. The third-order valence-electron chi connectivity index (χ3n) is 2.55. The van der Waals surface area contributed by atoms with Gasteiger partial charge < -0.3 is 5.73 Å². The zero-order valence-electron chi connectivity index (χ0n) is 9.31. The highest BCUT2D eigenvalue weighted by Crippen LogP contribution is 2.36. The predicted octanol–water partition coefficient (Wildman–Crippen LogP) is 1.74. The van der Waals surface area contributed by atoms with Crippen LogP contribution in [0.1, 0.15) is 5.69 Å². The molecule has 3 N–H and O–H groups in total. The van der Waals surface area contributed by atoms with Gasteiger partial charge in [-0.05, 0) is 12.1 Å². The van der Waals surface area contributed by atoms with Gasteiger partial charge in [0.1, 0.15) is 5.82 Å². The first-order valence-corrected chi connectivity index (χ1v) is 5.19. The van der Waals surface area contributed by atoms with E-state index >= 15 is 0 Å². The molecule has 0 saturated carbocycles. The molecule has 0 amide bonds. The molecule has 0 aliphatic carbocycles. The highest BCUT2D eigenvalue weighted by molar-refractivity contribution is 5.90. The molecule has 0 aromatic carbocycles. The molecule has 3 rings (SSSR count). The number of rotatable bonds is 1. The van der Waals surface area contributed by atoms with Gasteiger partial charge in [0.25, 0.3) is 0 Å². The van der Waals surface area contributed by atoms with Crippen molar-refractivity contribution in [2.45, 2.75) is 6.18 Å². The molecule has 0 spiro atoms. The first-order valence-electron chi connectivity index (χ1n) is 5.19. The Morgan fingerprint density at radius 3 is 2.68 bits per heavy atom. The Bertz CT molecular complexity index is 727. The number of pyridine rings is 1. The van der Waals surface area contributed by atoms with Crippen LogP contribution in [0.25, 0.3) is 16.9 Å². The molecule has 6 nitrogen and oxygen atoms in total. The maximum Gasteiger partial charge on any atom is 0.436 e. The summed E-state index contributed by atoms with van der Waals surface area (Å²) in [6, 6.07) is 4.81. The average Bonchev–Trinajstić information content (AvgIpc) is 2.91. The fourth-order valence-electron chi connectivity index (χ4n) is 1.77. The highest BCUT2D eigenvalue weighted by Gasteiger charge is 2.39. The maximum atomic E-state index is 12.9. The third-order valence-corrected chi connectivity index (χ3v) is 2.55. The molecule has 0 fully saturated rings. The maximum absolute atomic E-state index is 12.9. The summed E-state index contributed by atoms with van der Waals surface area (Å²) in [5.74, 6) is 0.0546. The van der Waals surface area contributed by atoms with Crippen molar-refractivity contribution in [2.24, 2.45) is 0 Å². The van der Waals surface area contributed by atoms with Crippen molar-refractivity contribution < 1.29 is 13.2 Å². The number of H-pyrrole nitrogens is 1. The van der Waals surface area contributed by atoms with Crippen LogP contribution < -0.4 is 5.73 Å². The lowest BCUT2D eigenvalue weighted by atomic mass is 10.3. The van der Waals surface area contributed by atoms with E-state index in [9.17, 15) is 13.2 Å². The quantitative estimate of drug-likeness (QED) is 0.704. The van der Waals surface area contributed by atoms with Crippen LogP contribution in [-0.2, 0) is 6.18 Å². The monoisotopic (exact) mass is 268 g/mol. The number of anilines is 1. The van der Waals surface area contributed by atoms with E-state index < -0.39 is 11.9 Å². The van der Waals surface area contributed by atoms with Crippen molar-refractivity contribution in [1.29, 1.82) is 0 Å². The second-order valence-electron chi connectivity index (χ2n) is 3.78. The Morgan fingerprint density at radius 2 is 2.05 bits per heavy atom. The summed E-state index contributed by atoms with van der Waals surface area (Å²) in [5, 5.41) is 9.32. The standard InChI is InChI=1S/C10H7F3N6/c11-10(12,13)7-6-8(14)16-17-9(6)19(18-7)5-3-1-2-4-15-5/h1-4H,(H3,14,16,17). The number of hydrogen-bond acceptors (Lipinski definition) is 4. The van der Waals surface area contributed by atoms with Gasteiger partial charge in [-0.2, -0.15) is 28.1 Å². The molecule has 0 saturated heterocycles. The zero-order chi connectivity index (χ0) is 13.6. The fourth-order valence-corrected chi connectivity index (χ4v) is 1.77. The largest absolute Gasteiger partial charge is 0.436 e. The molecule has 0 atom stereocenters. The fraction of sp³-hybridized carbons (Fsp3) is 0.100. The molecule has 98 valence electrons. The van der Waals surface area contributed by atoms with E-state index in [0.29, 0.717) is 0 Å². The number of halogens is 3. The zero-order valence-corrected chi connectivity index (χ0v) is 9.31. The van der Waals surface area contributed by atoms with Crippen molar-refractivity contribution in [1.82, 2.24) is 25.0 Å². The Kier molecular flexibility index (Phi) is 2.24. The lowest BCUT2D eigenvalue weighted by Gasteiger charge is -2.02. The number of hydrogen-bond donors (Lipinski definition) is 2. The number of alkyl halides is 3. The number of aromatic nitrogens is 5. The summed E-state index contributed by atoms with van der Waals surface area (Å²) in [5.41, 5.74) is 4.38. The lowest BCUT2D eigenvalue weighted by molar-refractivity contribution is -0.140. The van der Waals surface area contributed by atoms with Crippen LogP contribution >= 0.6 is 0 Å². The van der Waals surface area contributed by atoms with Crippen LogP contribution in [0.5, 0.6) is 0 Å². The van der Waals surface area contributed by atoms with E-state index in [1.54, 1.807) is 12.1 Å². The molecule has 0 unspecified atom stereocenters. The minimum atomic E-state index is -4.61. The molecule has 0 aliphatic heterocycles. The number of aromatic amines is 1. The molecule has 3 aromatic heterocycles. The summed E-state index contributed by atoms with van der Waals surface area (Å²) in [6.45, 7) is 0. The first kappa shape index (κ1) is 11.5. The minimum absolute atomic E-state index is 0.0106. The van der Waals surface area contributed by atoms with Crippen molar-refractivity contribution in [3.8, 4) is 5.82 Å². The van der Waals surface area contributed by atoms with Crippen LogP contribution in [0.2, 0.25) is 0 Å². The third kappa shape index (κ3) is 1.70. The molecule has 3 heterocycles. The van der Waals surface area contributed by atoms with Crippen molar-refractivity contribution >= 4 is 16.9 Å². The number of nitrogens with two attached hydrogens (primary N) is 1. The predicted molar refractivity (Wildman–Crippen MR) is 60.4 cm³/mol. The van der Waals surface area contributed by atoms with Gasteiger partial charge in [0, 0.05) is 6.20 Å². The number of nitrogens with zero attached hydrogens (tertiary/aromatic N) is 4. The summed E-state index contributed by atoms with van der Waals surface area (Å²) < 4.78 is 39.7. The Balaban J connectivity index is 2.34. The molecule has 0 bridgehead atoms. The van der Waals surface area contributed by atoms with Crippen LogP contribution in [0.15, 0.2) is 24.4 Å². The second-order valence-corrected chi connectivity index (χ2v) is 3.78.